The van der Waals surface area contributed by atoms with E-state index in [1.807, 2.05) is 12.1 Å². The monoisotopic (exact) mass is 268 g/mol. The summed E-state index contributed by atoms with van der Waals surface area (Å²) in [7, 11) is 2.16. The van der Waals surface area contributed by atoms with Crippen LogP contribution >= 0.6 is 11.6 Å². The molecule has 18 heavy (non-hydrogen) atoms. The number of nitrogens with zero attached hydrogens (tertiary/aromatic N) is 1. The van der Waals surface area contributed by atoms with Gasteiger partial charge in [-0.2, -0.15) is 0 Å². The van der Waals surface area contributed by atoms with Gasteiger partial charge in [-0.25, -0.2) is 0 Å². The van der Waals surface area contributed by atoms with Gasteiger partial charge in [-0.1, -0.05) is 37.6 Å². The maximum atomic E-state index is 5.92. The van der Waals surface area contributed by atoms with Crippen molar-refractivity contribution in [3.05, 3.63) is 34.9 Å². The lowest BCUT2D eigenvalue weighted by Gasteiger charge is -2.35. The summed E-state index contributed by atoms with van der Waals surface area (Å²) in [5, 5.41) is 0.786. The van der Waals surface area contributed by atoms with Gasteiger partial charge in [-0.15, -0.1) is 0 Å². The lowest BCUT2D eigenvalue weighted by atomic mass is 9.86. The number of rotatable bonds is 6. The van der Waals surface area contributed by atoms with Crippen LogP contribution in [0, 0.1) is 5.41 Å². The zero-order valence-corrected chi connectivity index (χ0v) is 12.7. The van der Waals surface area contributed by atoms with E-state index in [4.69, 9.17) is 17.3 Å². The molecule has 0 aliphatic heterocycles. The van der Waals surface area contributed by atoms with Crippen LogP contribution in [0.15, 0.2) is 24.3 Å². The van der Waals surface area contributed by atoms with Crippen LogP contribution in [-0.4, -0.2) is 25.0 Å². The number of halogens is 1. The second-order valence-corrected chi connectivity index (χ2v) is 5.95. The Morgan fingerprint density at radius 2 is 1.89 bits per heavy atom. The van der Waals surface area contributed by atoms with E-state index in [0.717, 1.165) is 24.5 Å². The predicted octanol–water partition coefficient (Wildman–Crippen LogP) is 3.71. The zero-order valence-electron chi connectivity index (χ0n) is 11.9. The maximum Gasteiger partial charge on any atom is 0.0406 e. The Balaban J connectivity index is 2.72. The Bertz CT molecular complexity index is 357. The van der Waals surface area contributed by atoms with Gasteiger partial charge in [-0.05, 0) is 50.0 Å². The van der Waals surface area contributed by atoms with Crippen LogP contribution in [0.4, 0.5) is 0 Å². The summed E-state index contributed by atoms with van der Waals surface area (Å²) in [6, 6.07) is 8.45. The Kier molecular flexibility index (Phi) is 5.64. The third-order valence-electron chi connectivity index (χ3n) is 3.99. The summed E-state index contributed by atoms with van der Waals surface area (Å²) >= 11 is 5.92. The summed E-state index contributed by atoms with van der Waals surface area (Å²) in [6.45, 7) is 8.40. The van der Waals surface area contributed by atoms with E-state index in [0.29, 0.717) is 6.04 Å². The highest BCUT2D eigenvalue weighted by molar-refractivity contribution is 6.30. The molecule has 0 fully saturated rings. The highest BCUT2D eigenvalue weighted by Crippen LogP contribution is 2.26. The van der Waals surface area contributed by atoms with Gasteiger partial charge >= 0.3 is 0 Å². The number of benzene rings is 1. The van der Waals surface area contributed by atoms with Crippen LogP contribution < -0.4 is 5.73 Å². The Labute approximate surface area is 116 Å². The van der Waals surface area contributed by atoms with E-state index in [9.17, 15) is 0 Å². The summed E-state index contributed by atoms with van der Waals surface area (Å²) in [5.74, 6) is 0. The predicted molar refractivity (Wildman–Crippen MR) is 79.9 cm³/mol. The molecule has 0 radical (unpaired) electrons. The molecule has 0 heterocycles. The summed E-state index contributed by atoms with van der Waals surface area (Å²) in [5.41, 5.74) is 7.36. The smallest absolute Gasteiger partial charge is 0.0406 e. The summed E-state index contributed by atoms with van der Waals surface area (Å²) in [4.78, 5) is 2.36. The molecular weight excluding hydrogens is 244 g/mol. The van der Waals surface area contributed by atoms with E-state index in [1.54, 1.807) is 0 Å². The minimum atomic E-state index is 0.190. The van der Waals surface area contributed by atoms with E-state index in [2.05, 4.69) is 44.9 Å². The van der Waals surface area contributed by atoms with Crippen molar-refractivity contribution in [1.82, 2.24) is 4.90 Å². The van der Waals surface area contributed by atoms with Crippen LogP contribution in [0.25, 0.3) is 0 Å². The maximum absolute atomic E-state index is 5.92. The molecule has 0 bridgehead atoms. The number of hydrogen-bond acceptors (Lipinski definition) is 2. The molecule has 102 valence electrons. The van der Waals surface area contributed by atoms with Crippen molar-refractivity contribution >= 4 is 11.6 Å². The molecule has 0 amide bonds. The zero-order chi connectivity index (χ0) is 13.8. The van der Waals surface area contributed by atoms with Crippen LogP contribution in [0.1, 0.15) is 38.8 Å². The number of nitrogens with two attached hydrogens (primary N) is 1. The van der Waals surface area contributed by atoms with Crippen molar-refractivity contribution in [2.45, 2.75) is 33.2 Å². The first-order valence-electron chi connectivity index (χ1n) is 6.57. The van der Waals surface area contributed by atoms with Crippen molar-refractivity contribution in [1.29, 1.82) is 0 Å². The minimum Gasteiger partial charge on any atom is -0.330 e. The Hall–Kier alpha value is -0.570. The van der Waals surface area contributed by atoms with E-state index < -0.39 is 0 Å². The van der Waals surface area contributed by atoms with Crippen LogP contribution in [0.3, 0.4) is 0 Å². The van der Waals surface area contributed by atoms with Crippen molar-refractivity contribution < 1.29 is 0 Å². The van der Waals surface area contributed by atoms with E-state index >= 15 is 0 Å². The first-order valence-corrected chi connectivity index (χ1v) is 6.95. The van der Waals surface area contributed by atoms with Crippen LogP contribution in [0.5, 0.6) is 0 Å². The molecule has 0 aromatic heterocycles. The fourth-order valence-electron chi connectivity index (χ4n) is 2.06. The van der Waals surface area contributed by atoms with E-state index in [-0.39, 0.29) is 5.41 Å². The molecule has 2 nitrogen and oxygen atoms in total. The molecule has 0 spiro atoms. The first kappa shape index (κ1) is 15.5. The fraction of sp³-hybridized carbons (Fsp3) is 0.600. The Morgan fingerprint density at radius 1 is 1.33 bits per heavy atom. The van der Waals surface area contributed by atoms with Gasteiger partial charge in [0.25, 0.3) is 0 Å². The van der Waals surface area contributed by atoms with E-state index in [1.165, 1.54) is 5.56 Å². The van der Waals surface area contributed by atoms with Gasteiger partial charge in [0.15, 0.2) is 0 Å². The van der Waals surface area contributed by atoms with Gasteiger partial charge in [0.1, 0.15) is 0 Å². The van der Waals surface area contributed by atoms with Crippen molar-refractivity contribution in [3.8, 4) is 0 Å². The molecule has 0 saturated carbocycles. The van der Waals surface area contributed by atoms with Crippen LogP contribution in [0.2, 0.25) is 5.02 Å². The molecule has 2 N–H and O–H groups in total. The molecule has 3 heteroatoms. The molecule has 2 atom stereocenters. The summed E-state index contributed by atoms with van der Waals surface area (Å²) < 4.78 is 0. The SMILES string of the molecule is CCC(C)(CN)CN(C)C(C)c1ccc(Cl)cc1. The van der Waals surface area contributed by atoms with Crippen molar-refractivity contribution in [2.75, 3.05) is 20.1 Å². The van der Waals surface area contributed by atoms with Gasteiger partial charge < -0.3 is 5.73 Å². The molecular formula is C15H25ClN2. The van der Waals surface area contributed by atoms with Crippen molar-refractivity contribution in [2.24, 2.45) is 11.1 Å². The lowest BCUT2D eigenvalue weighted by Crippen LogP contribution is -2.39. The van der Waals surface area contributed by atoms with Crippen molar-refractivity contribution in [3.63, 3.8) is 0 Å². The molecule has 1 aromatic rings. The van der Waals surface area contributed by atoms with Gasteiger partial charge in [-0.3, -0.25) is 4.90 Å². The molecule has 0 saturated heterocycles. The third kappa shape index (κ3) is 3.98. The molecule has 2 unspecified atom stereocenters. The quantitative estimate of drug-likeness (QED) is 0.852. The first-order chi connectivity index (χ1) is 8.41. The average Bonchev–Trinajstić information content (AvgIpc) is 2.38. The molecule has 1 rings (SSSR count). The average molecular weight is 269 g/mol. The third-order valence-corrected chi connectivity index (χ3v) is 4.24. The largest absolute Gasteiger partial charge is 0.330 e. The van der Waals surface area contributed by atoms with Gasteiger partial charge in [0.2, 0.25) is 0 Å². The second-order valence-electron chi connectivity index (χ2n) is 5.51. The number of hydrogen-bond donors (Lipinski definition) is 1. The standard InChI is InChI=1S/C15H25ClN2/c1-5-15(3,10-17)11-18(4)12(2)13-6-8-14(16)9-7-13/h6-9,12H,5,10-11,17H2,1-4H3. The Morgan fingerprint density at radius 3 is 2.33 bits per heavy atom. The normalized spacial score (nSPS) is 16.6. The summed E-state index contributed by atoms with van der Waals surface area (Å²) in [6.07, 6.45) is 1.10. The molecule has 0 aliphatic carbocycles. The highest BCUT2D eigenvalue weighted by Gasteiger charge is 2.24. The molecule has 0 aliphatic rings. The molecule has 1 aromatic carbocycles. The van der Waals surface area contributed by atoms with Gasteiger partial charge in [0.05, 0.1) is 0 Å². The van der Waals surface area contributed by atoms with Crippen LogP contribution in [-0.2, 0) is 0 Å². The second kappa shape index (κ2) is 6.55. The van der Waals surface area contributed by atoms with Gasteiger partial charge in [0, 0.05) is 17.6 Å². The fourth-order valence-corrected chi connectivity index (χ4v) is 2.18. The topological polar surface area (TPSA) is 29.3 Å². The lowest BCUT2D eigenvalue weighted by molar-refractivity contribution is 0.156. The highest BCUT2D eigenvalue weighted by atomic mass is 35.5. The minimum absolute atomic E-state index is 0.190.